The molecule has 0 spiro atoms. The molecule has 19 heavy (non-hydrogen) atoms. The molecule has 0 aliphatic heterocycles. The summed E-state index contributed by atoms with van der Waals surface area (Å²) >= 11 is 5.56. The monoisotopic (exact) mass is 347 g/mol. The maximum Gasteiger partial charge on any atom is 0.0587 e. The van der Waals surface area contributed by atoms with Crippen molar-refractivity contribution in [3.63, 3.8) is 0 Å². The molecule has 0 bridgehead atoms. The van der Waals surface area contributed by atoms with Crippen LogP contribution < -0.4 is 5.32 Å². The van der Waals surface area contributed by atoms with E-state index in [9.17, 15) is 0 Å². The lowest BCUT2D eigenvalue weighted by Gasteiger charge is -2.24. The molecule has 0 saturated heterocycles. The van der Waals surface area contributed by atoms with Crippen LogP contribution in [0, 0.1) is 12.3 Å². The smallest absolute Gasteiger partial charge is 0.0587 e. The predicted octanol–water partition coefficient (Wildman–Crippen LogP) is 4.40. The van der Waals surface area contributed by atoms with Crippen molar-refractivity contribution in [1.29, 1.82) is 0 Å². The van der Waals surface area contributed by atoms with E-state index in [1.165, 1.54) is 33.5 Å². The van der Waals surface area contributed by atoms with Crippen molar-refractivity contribution < 1.29 is 4.74 Å². The standard InChI is InChI=1S/C15H26BrNOS/c1-12-11-13(16)14(19-12)5-6-15(2,3)7-8-17-9-10-18-4/h11,17H,5-10H2,1-4H3. The molecular weight excluding hydrogens is 322 g/mol. The first-order chi connectivity index (χ1) is 8.94. The zero-order chi connectivity index (χ0) is 14.3. The van der Waals surface area contributed by atoms with Gasteiger partial charge in [-0.25, -0.2) is 0 Å². The number of rotatable bonds is 9. The van der Waals surface area contributed by atoms with Gasteiger partial charge in [-0.3, -0.25) is 0 Å². The lowest BCUT2D eigenvalue weighted by atomic mass is 9.84. The highest BCUT2D eigenvalue weighted by molar-refractivity contribution is 9.10. The van der Waals surface area contributed by atoms with Crippen LogP contribution in [0.4, 0.5) is 0 Å². The summed E-state index contributed by atoms with van der Waals surface area (Å²) in [6, 6.07) is 2.22. The van der Waals surface area contributed by atoms with Crippen LogP contribution in [0.3, 0.4) is 0 Å². The summed E-state index contributed by atoms with van der Waals surface area (Å²) in [6.07, 6.45) is 3.61. The molecule has 2 nitrogen and oxygen atoms in total. The Kier molecular flexibility index (Phi) is 7.58. The van der Waals surface area contributed by atoms with Crippen LogP contribution in [-0.2, 0) is 11.2 Å². The molecule has 0 aromatic carbocycles. The van der Waals surface area contributed by atoms with Gasteiger partial charge >= 0.3 is 0 Å². The van der Waals surface area contributed by atoms with E-state index in [1.54, 1.807) is 7.11 Å². The first-order valence-electron chi connectivity index (χ1n) is 6.89. The molecule has 0 fully saturated rings. The van der Waals surface area contributed by atoms with Crippen LogP contribution in [-0.4, -0.2) is 26.8 Å². The van der Waals surface area contributed by atoms with Gasteiger partial charge in [0.15, 0.2) is 0 Å². The Morgan fingerprint density at radius 2 is 2.05 bits per heavy atom. The molecule has 0 radical (unpaired) electrons. The van der Waals surface area contributed by atoms with Gasteiger partial charge < -0.3 is 10.1 Å². The van der Waals surface area contributed by atoms with E-state index in [2.05, 4.69) is 48.1 Å². The Labute approximate surface area is 130 Å². The summed E-state index contributed by atoms with van der Waals surface area (Å²) in [5, 5.41) is 3.42. The maximum absolute atomic E-state index is 5.03. The number of ether oxygens (including phenoxy) is 1. The van der Waals surface area contributed by atoms with Crippen molar-refractivity contribution in [2.75, 3.05) is 26.8 Å². The predicted molar refractivity (Wildman–Crippen MR) is 88.2 cm³/mol. The molecule has 0 atom stereocenters. The fourth-order valence-electron chi connectivity index (χ4n) is 2.00. The first kappa shape index (κ1) is 17.2. The normalized spacial score (nSPS) is 12.1. The highest BCUT2D eigenvalue weighted by Gasteiger charge is 2.18. The van der Waals surface area contributed by atoms with E-state index in [4.69, 9.17) is 4.74 Å². The minimum Gasteiger partial charge on any atom is -0.383 e. The van der Waals surface area contributed by atoms with Gasteiger partial charge in [0.05, 0.1) is 6.61 Å². The maximum atomic E-state index is 5.03. The van der Waals surface area contributed by atoms with E-state index >= 15 is 0 Å². The molecule has 0 aliphatic carbocycles. The van der Waals surface area contributed by atoms with Crippen molar-refractivity contribution >= 4 is 27.3 Å². The van der Waals surface area contributed by atoms with Gasteiger partial charge in [-0.2, -0.15) is 0 Å². The van der Waals surface area contributed by atoms with Gasteiger partial charge in [-0.1, -0.05) is 13.8 Å². The van der Waals surface area contributed by atoms with E-state index < -0.39 is 0 Å². The van der Waals surface area contributed by atoms with Gasteiger partial charge in [0.25, 0.3) is 0 Å². The van der Waals surface area contributed by atoms with E-state index in [-0.39, 0.29) is 0 Å². The lowest BCUT2D eigenvalue weighted by molar-refractivity contribution is 0.197. The average molecular weight is 348 g/mol. The van der Waals surface area contributed by atoms with Crippen LogP contribution in [0.2, 0.25) is 0 Å². The third kappa shape index (κ3) is 6.89. The fraction of sp³-hybridized carbons (Fsp3) is 0.733. The zero-order valence-electron chi connectivity index (χ0n) is 12.5. The highest BCUT2D eigenvalue weighted by atomic mass is 79.9. The summed E-state index contributed by atoms with van der Waals surface area (Å²) in [7, 11) is 1.74. The summed E-state index contributed by atoms with van der Waals surface area (Å²) in [5.41, 5.74) is 0.386. The van der Waals surface area contributed by atoms with Gasteiger partial charge in [0, 0.05) is 27.9 Å². The topological polar surface area (TPSA) is 21.3 Å². The van der Waals surface area contributed by atoms with Gasteiger partial charge in [-0.15, -0.1) is 11.3 Å². The van der Waals surface area contributed by atoms with E-state index in [0.717, 1.165) is 19.7 Å². The third-order valence-electron chi connectivity index (χ3n) is 3.37. The number of hydrogen-bond acceptors (Lipinski definition) is 3. The molecule has 0 unspecified atom stereocenters. The Morgan fingerprint density at radius 1 is 1.32 bits per heavy atom. The average Bonchev–Trinajstić information content (AvgIpc) is 2.65. The second kappa shape index (κ2) is 8.40. The van der Waals surface area contributed by atoms with Gasteiger partial charge in [-0.05, 0) is 60.1 Å². The van der Waals surface area contributed by atoms with Crippen LogP contribution in [0.5, 0.6) is 0 Å². The number of aryl methyl sites for hydroxylation is 2. The van der Waals surface area contributed by atoms with Crippen LogP contribution in [0.25, 0.3) is 0 Å². The summed E-state index contributed by atoms with van der Waals surface area (Å²) in [5.74, 6) is 0. The molecule has 1 aromatic heterocycles. The highest BCUT2D eigenvalue weighted by Crippen LogP contribution is 2.32. The van der Waals surface area contributed by atoms with Crippen molar-refractivity contribution in [1.82, 2.24) is 5.32 Å². The summed E-state index contributed by atoms with van der Waals surface area (Å²) < 4.78 is 6.31. The molecule has 1 heterocycles. The quantitative estimate of drug-likeness (QED) is 0.668. The molecule has 110 valence electrons. The molecule has 1 rings (SSSR count). The molecular formula is C15H26BrNOS. The second-order valence-corrected chi connectivity index (χ2v) is 7.98. The van der Waals surface area contributed by atoms with Crippen molar-refractivity contribution in [2.45, 2.75) is 40.0 Å². The molecule has 0 saturated carbocycles. The second-order valence-electron chi connectivity index (χ2n) is 5.79. The number of nitrogens with one attached hydrogen (secondary N) is 1. The summed E-state index contributed by atoms with van der Waals surface area (Å²) in [6.45, 7) is 9.70. The molecule has 4 heteroatoms. The van der Waals surface area contributed by atoms with E-state index in [1.807, 2.05) is 11.3 Å². The Hall–Kier alpha value is 0.100. The Bertz CT molecular complexity index is 376. The molecule has 0 aliphatic rings. The number of thiophene rings is 1. The lowest BCUT2D eigenvalue weighted by Crippen LogP contribution is -2.25. The van der Waals surface area contributed by atoms with Gasteiger partial charge in [0.2, 0.25) is 0 Å². The van der Waals surface area contributed by atoms with Crippen molar-refractivity contribution in [3.05, 3.63) is 20.3 Å². The largest absolute Gasteiger partial charge is 0.383 e. The Balaban J connectivity index is 2.28. The minimum atomic E-state index is 0.386. The number of methoxy groups -OCH3 is 1. The molecule has 1 aromatic rings. The SMILES string of the molecule is COCCNCCC(C)(C)CCc1sc(C)cc1Br. The molecule has 0 amide bonds. The zero-order valence-corrected chi connectivity index (χ0v) is 14.9. The van der Waals surface area contributed by atoms with Crippen LogP contribution >= 0.6 is 27.3 Å². The fourth-order valence-corrected chi connectivity index (χ4v) is 3.87. The van der Waals surface area contributed by atoms with Crippen LogP contribution in [0.1, 0.15) is 36.4 Å². The third-order valence-corrected chi connectivity index (χ3v) is 5.45. The Morgan fingerprint density at radius 3 is 2.63 bits per heavy atom. The van der Waals surface area contributed by atoms with Gasteiger partial charge in [0.1, 0.15) is 0 Å². The number of halogens is 1. The molecule has 1 N–H and O–H groups in total. The van der Waals surface area contributed by atoms with Crippen LogP contribution in [0.15, 0.2) is 10.5 Å². The van der Waals surface area contributed by atoms with Crippen molar-refractivity contribution in [2.24, 2.45) is 5.41 Å². The number of hydrogen-bond donors (Lipinski definition) is 1. The first-order valence-corrected chi connectivity index (χ1v) is 8.50. The van der Waals surface area contributed by atoms with E-state index in [0.29, 0.717) is 5.41 Å². The summed E-state index contributed by atoms with van der Waals surface area (Å²) in [4.78, 5) is 2.87. The minimum absolute atomic E-state index is 0.386. The van der Waals surface area contributed by atoms with Crippen molar-refractivity contribution in [3.8, 4) is 0 Å².